The maximum atomic E-state index is 4.95. The van der Waals surface area contributed by atoms with E-state index >= 15 is 0 Å². The van der Waals surface area contributed by atoms with Crippen molar-refractivity contribution < 1.29 is 0 Å². The number of aryl methyl sites for hydroxylation is 3. The number of hydrogen-bond acceptors (Lipinski definition) is 6. The van der Waals surface area contributed by atoms with Gasteiger partial charge in [-0.15, -0.1) is 21.5 Å². The molecule has 1 N–H and O–H groups in total. The molecule has 0 saturated carbocycles. The van der Waals surface area contributed by atoms with Gasteiger partial charge >= 0.3 is 0 Å². The lowest BCUT2D eigenvalue weighted by Gasteiger charge is -2.12. The zero-order chi connectivity index (χ0) is 20.0. The Hall–Kier alpha value is -2.80. The van der Waals surface area contributed by atoms with Crippen LogP contribution in [0.1, 0.15) is 48.1 Å². The Morgan fingerprint density at radius 3 is 2.76 bits per heavy atom. The van der Waals surface area contributed by atoms with Crippen molar-refractivity contribution in [2.24, 2.45) is 0 Å². The molecule has 0 bridgehead atoms. The van der Waals surface area contributed by atoms with E-state index in [1.165, 1.54) is 27.8 Å². The standard InChI is InChI=1S/C22H24N6S/c1-13(2)28-12-24-27-18(28)11-23-22-25-20(15-9-7-14(3)8-10-15)19-16-5-4-6-17(16)29-21(19)26-22/h7-10,12-13H,4-6,11H2,1-3H3,(H,23,25,26). The van der Waals surface area contributed by atoms with Crippen LogP contribution in [0.25, 0.3) is 21.5 Å². The summed E-state index contributed by atoms with van der Waals surface area (Å²) in [4.78, 5) is 12.4. The summed E-state index contributed by atoms with van der Waals surface area (Å²) in [5.41, 5.74) is 4.87. The largest absolute Gasteiger partial charge is 0.347 e. The first-order valence-electron chi connectivity index (χ1n) is 10.1. The number of nitrogens with one attached hydrogen (secondary N) is 1. The van der Waals surface area contributed by atoms with E-state index in [0.717, 1.165) is 34.8 Å². The normalized spacial score (nSPS) is 13.4. The van der Waals surface area contributed by atoms with E-state index in [2.05, 4.69) is 65.1 Å². The Morgan fingerprint density at radius 2 is 1.97 bits per heavy atom. The van der Waals surface area contributed by atoms with Crippen molar-refractivity contribution in [3.8, 4) is 11.3 Å². The number of thiophene rings is 1. The molecule has 1 aromatic carbocycles. The zero-order valence-electron chi connectivity index (χ0n) is 16.9. The van der Waals surface area contributed by atoms with Gasteiger partial charge in [-0.2, -0.15) is 0 Å². The first-order chi connectivity index (χ1) is 14.1. The molecule has 148 valence electrons. The topological polar surface area (TPSA) is 68.5 Å². The van der Waals surface area contributed by atoms with E-state index in [0.29, 0.717) is 18.5 Å². The molecule has 0 radical (unpaired) electrons. The monoisotopic (exact) mass is 404 g/mol. The summed E-state index contributed by atoms with van der Waals surface area (Å²) in [5, 5.41) is 12.9. The van der Waals surface area contributed by atoms with Gasteiger partial charge in [0.1, 0.15) is 11.2 Å². The van der Waals surface area contributed by atoms with Crippen LogP contribution >= 0.6 is 11.3 Å². The Labute approximate surface area is 174 Å². The lowest BCUT2D eigenvalue weighted by atomic mass is 10.0. The Balaban J connectivity index is 1.56. The summed E-state index contributed by atoms with van der Waals surface area (Å²) in [6.45, 7) is 6.90. The number of nitrogens with zero attached hydrogens (tertiary/aromatic N) is 5. The van der Waals surface area contributed by atoms with Crippen LogP contribution in [0.4, 0.5) is 5.95 Å². The van der Waals surface area contributed by atoms with Crippen LogP contribution in [0.2, 0.25) is 0 Å². The number of aromatic nitrogens is 5. The number of anilines is 1. The summed E-state index contributed by atoms with van der Waals surface area (Å²) in [5.74, 6) is 1.53. The van der Waals surface area contributed by atoms with E-state index in [9.17, 15) is 0 Å². The number of rotatable bonds is 5. The minimum atomic E-state index is 0.314. The summed E-state index contributed by atoms with van der Waals surface area (Å²) < 4.78 is 2.06. The van der Waals surface area contributed by atoms with Crippen LogP contribution in [0.3, 0.4) is 0 Å². The van der Waals surface area contributed by atoms with Crippen LogP contribution in [0.5, 0.6) is 0 Å². The molecule has 4 aromatic rings. The maximum Gasteiger partial charge on any atom is 0.225 e. The quantitative estimate of drug-likeness (QED) is 0.510. The van der Waals surface area contributed by atoms with Gasteiger partial charge < -0.3 is 9.88 Å². The second kappa shape index (κ2) is 7.22. The lowest BCUT2D eigenvalue weighted by Crippen LogP contribution is -2.11. The van der Waals surface area contributed by atoms with Gasteiger partial charge in [0.05, 0.1) is 12.2 Å². The van der Waals surface area contributed by atoms with Crippen molar-refractivity contribution >= 4 is 27.5 Å². The molecular formula is C22H24N6S. The second-order valence-corrected chi connectivity index (χ2v) is 8.98. The average molecular weight is 405 g/mol. The zero-order valence-corrected chi connectivity index (χ0v) is 17.8. The molecule has 1 aliphatic carbocycles. The van der Waals surface area contributed by atoms with Gasteiger partial charge in [-0.3, -0.25) is 0 Å². The Kier molecular flexibility index (Phi) is 4.54. The third-order valence-electron chi connectivity index (χ3n) is 5.50. The van der Waals surface area contributed by atoms with E-state index in [-0.39, 0.29) is 0 Å². The fourth-order valence-electron chi connectivity index (χ4n) is 3.98. The molecule has 3 aromatic heterocycles. The summed E-state index contributed by atoms with van der Waals surface area (Å²) >= 11 is 1.82. The SMILES string of the molecule is Cc1ccc(-c2nc(NCc3nncn3C(C)C)nc3sc4c(c23)CCC4)cc1. The number of fused-ring (bicyclic) bond motifs is 3. The van der Waals surface area contributed by atoms with Gasteiger partial charge in [0.2, 0.25) is 5.95 Å². The van der Waals surface area contributed by atoms with Gasteiger partial charge in [0.15, 0.2) is 5.82 Å². The average Bonchev–Trinajstić information content (AvgIpc) is 3.42. The summed E-state index contributed by atoms with van der Waals surface area (Å²) in [6, 6.07) is 8.93. The second-order valence-electron chi connectivity index (χ2n) is 7.90. The van der Waals surface area contributed by atoms with Crippen molar-refractivity contribution in [2.75, 3.05) is 5.32 Å². The molecule has 3 heterocycles. The van der Waals surface area contributed by atoms with E-state index in [1.807, 2.05) is 11.3 Å². The van der Waals surface area contributed by atoms with Gasteiger partial charge in [-0.25, -0.2) is 9.97 Å². The molecule has 1 aliphatic rings. The van der Waals surface area contributed by atoms with Crippen molar-refractivity contribution in [1.29, 1.82) is 0 Å². The molecular weight excluding hydrogens is 380 g/mol. The molecule has 7 heteroatoms. The lowest BCUT2D eigenvalue weighted by molar-refractivity contribution is 0.572. The summed E-state index contributed by atoms with van der Waals surface area (Å²) in [7, 11) is 0. The van der Waals surface area contributed by atoms with Gasteiger partial charge in [0, 0.05) is 21.9 Å². The van der Waals surface area contributed by atoms with Crippen LogP contribution in [0, 0.1) is 6.92 Å². The molecule has 0 aliphatic heterocycles. The molecule has 0 unspecified atom stereocenters. The van der Waals surface area contributed by atoms with Crippen molar-refractivity contribution in [2.45, 2.75) is 52.6 Å². The molecule has 29 heavy (non-hydrogen) atoms. The number of benzene rings is 1. The van der Waals surface area contributed by atoms with E-state index < -0.39 is 0 Å². The van der Waals surface area contributed by atoms with Crippen molar-refractivity contribution in [3.63, 3.8) is 0 Å². The minimum Gasteiger partial charge on any atom is -0.347 e. The minimum absolute atomic E-state index is 0.314. The molecule has 0 atom stereocenters. The van der Waals surface area contributed by atoms with Crippen LogP contribution in [0.15, 0.2) is 30.6 Å². The highest BCUT2D eigenvalue weighted by Crippen LogP contribution is 2.41. The Bertz CT molecular complexity index is 1170. The fourth-order valence-corrected chi connectivity index (χ4v) is 5.24. The Morgan fingerprint density at radius 1 is 1.14 bits per heavy atom. The molecule has 0 amide bonds. The predicted molar refractivity (Wildman–Crippen MR) is 117 cm³/mol. The van der Waals surface area contributed by atoms with Crippen molar-refractivity contribution in [1.82, 2.24) is 24.7 Å². The van der Waals surface area contributed by atoms with Crippen LogP contribution in [-0.2, 0) is 19.4 Å². The highest BCUT2D eigenvalue weighted by Gasteiger charge is 2.23. The van der Waals surface area contributed by atoms with E-state index in [1.54, 1.807) is 6.33 Å². The van der Waals surface area contributed by atoms with Crippen LogP contribution < -0.4 is 5.32 Å². The third-order valence-corrected chi connectivity index (χ3v) is 6.68. The van der Waals surface area contributed by atoms with Gasteiger partial charge in [-0.1, -0.05) is 29.8 Å². The predicted octanol–water partition coefficient (Wildman–Crippen LogP) is 4.94. The third kappa shape index (κ3) is 3.29. The fraction of sp³-hybridized carbons (Fsp3) is 0.364. The highest BCUT2D eigenvalue weighted by atomic mass is 32.1. The molecule has 0 fully saturated rings. The van der Waals surface area contributed by atoms with Gasteiger partial charge in [-0.05, 0) is 45.6 Å². The molecule has 0 spiro atoms. The molecule has 0 saturated heterocycles. The van der Waals surface area contributed by atoms with Crippen molar-refractivity contribution in [3.05, 3.63) is 52.4 Å². The first kappa shape index (κ1) is 18.2. The van der Waals surface area contributed by atoms with E-state index in [4.69, 9.17) is 9.97 Å². The number of hydrogen-bond donors (Lipinski definition) is 1. The highest BCUT2D eigenvalue weighted by molar-refractivity contribution is 7.19. The van der Waals surface area contributed by atoms with Crippen LogP contribution in [-0.4, -0.2) is 24.7 Å². The summed E-state index contributed by atoms with van der Waals surface area (Å²) in [6.07, 6.45) is 5.29. The van der Waals surface area contributed by atoms with Gasteiger partial charge in [0.25, 0.3) is 0 Å². The smallest absolute Gasteiger partial charge is 0.225 e. The molecule has 5 rings (SSSR count). The molecule has 6 nitrogen and oxygen atoms in total. The first-order valence-corrected chi connectivity index (χ1v) is 10.9. The maximum absolute atomic E-state index is 4.95.